The van der Waals surface area contributed by atoms with Gasteiger partial charge in [0.15, 0.2) is 5.78 Å². The van der Waals surface area contributed by atoms with Crippen LogP contribution in [0.25, 0.3) is 0 Å². The Balaban J connectivity index is 2.91. The lowest BCUT2D eigenvalue weighted by Gasteiger charge is -2.03. The third-order valence-corrected chi connectivity index (χ3v) is 2.47. The van der Waals surface area contributed by atoms with E-state index in [1.165, 1.54) is 6.08 Å². The minimum Gasteiger partial charge on any atom is -0.294 e. The molecule has 0 amide bonds. The van der Waals surface area contributed by atoms with Crippen LogP contribution in [0.15, 0.2) is 30.4 Å². The number of hydrogen-bond donors (Lipinski definition) is 0. The van der Waals surface area contributed by atoms with Crippen LogP contribution in [-0.4, -0.2) is 5.78 Å². The Morgan fingerprint density at radius 2 is 1.93 bits per heavy atom. The van der Waals surface area contributed by atoms with Crippen molar-refractivity contribution in [2.75, 3.05) is 0 Å². The second-order valence-electron chi connectivity index (χ2n) is 2.84. The minimum absolute atomic E-state index is 0.00231. The lowest BCUT2D eigenvalue weighted by Crippen LogP contribution is -1.99. The number of ketones is 1. The second-order valence-corrected chi connectivity index (χ2v) is 3.66. The van der Waals surface area contributed by atoms with Gasteiger partial charge in [-0.25, -0.2) is 0 Å². The van der Waals surface area contributed by atoms with Crippen molar-refractivity contribution in [3.8, 4) is 0 Å². The summed E-state index contributed by atoms with van der Waals surface area (Å²) in [5, 5.41) is 1.07. The van der Waals surface area contributed by atoms with Crippen LogP contribution in [0.3, 0.4) is 0 Å². The van der Waals surface area contributed by atoms with E-state index in [0.717, 1.165) is 0 Å². The van der Waals surface area contributed by atoms with Crippen molar-refractivity contribution in [2.45, 2.75) is 13.3 Å². The minimum atomic E-state index is 0.00231. The molecule has 0 unspecified atom stereocenters. The van der Waals surface area contributed by atoms with Gasteiger partial charge >= 0.3 is 0 Å². The average molecular weight is 229 g/mol. The highest BCUT2D eigenvalue weighted by Crippen LogP contribution is 2.24. The van der Waals surface area contributed by atoms with Gasteiger partial charge in [0.2, 0.25) is 0 Å². The van der Waals surface area contributed by atoms with E-state index in [2.05, 4.69) is 0 Å². The molecule has 0 N–H and O–H groups in total. The van der Waals surface area contributed by atoms with E-state index in [0.29, 0.717) is 15.6 Å². The van der Waals surface area contributed by atoms with Crippen molar-refractivity contribution in [3.05, 3.63) is 46.0 Å². The first-order chi connectivity index (χ1) is 6.65. The van der Waals surface area contributed by atoms with E-state index in [1.54, 1.807) is 31.2 Å². The first-order valence-electron chi connectivity index (χ1n) is 4.23. The lowest BCUT2D eigenvalue weighted by molar-refractivity contribution is -0.114. The van der Waals surface area contributed by atoms with E-state index in [1.807, 2.05) is 0 Å². The molecule has 1 rings (SSSR count). The maximum atomic E-state index is 11.3. The largest absolute Gasteiger partial charge is 0.294 e. The molecule has 0 spiro atoms. The van der Waals surface area contributed by atoms with Crippen LogP contribution in [-0.2, 0) is 11.2 Å². The van der Waals surface area contributed by atoms with E-state index >= 15 is 0 Å². The Bertz CT molecular complexity index is 349. The van der Waals surface area contributed by atoms with Gasteiger partial charge in [-0.05, 0) is 30.7 Å². The molecule has 1 aromatic rings. The zero-order valence-corrected chi connectivity index (χ0v) is 9.27. The Labute approximate surface area is 93.3 Å². The van der Waals surface area contributed by atoms with Gasteiger partial charge in [0, 0.05) is 16.5 Å². The third-order valence-electron chi connectivity index (χ3n) is 1.77. The third kappa shape index (κ3) is 2.86. The molecular weight excluding hydrogens is 219 g/mol. The predicted octanol–water partition coefficient (Wildman–Crippen LogP) is 3.68. The first kappa shape index (κ1) is 11.3. The van der Waals surface area contributed by atoms with Crippen LogP contribution in [0.2, 0.25) is 10.0 Å². The molecule has 0 fully saturated rings. The molecule has 0 atom stereocenters. The molecule has 3 heteroatoms. The quantitative estimate of drug-likeness (QED) is 0.722. The maximum absolute atomic E-state index is 11.3. The molecule has 0 aromatic heterocycles. The molecule has 0 aliphatic heterocycles. The number of carbonyl (C=O) groups excluding carboxylic acids is 1. The topological polar surface area (TPSA) is 17.1 Å². The number of hydrogen-bond acceptors (Lipinski definition) is 1. The number of allylic oxidation sites excluding steroid dienone is 2. The van der Waals surface area contributed by atoms with Gasteiger partial charge in [-0.3, -0.25) is 4.79 Å². The summed E-state index contributed by atoms with van der Waals surface area (Å²) < 4.78 is 0. The van der Waals surface area contributed by atoms with Gasteiger partial charge in [-0.15, -0.1) is 0 Å². The number of rotatable bonds is 3. The fourth-order valence-electron chi connectivity index (χ4n) is 1.12. The molecule has 74 valence electrons. The van der Waals surface area contributed by atoms with Crippen molar-refractivity contribution >= 4 is 29.0 Å². The Kier molecular flexibility index (Phi) is 4.18. The smallest absolute Gasteiger partial charge is 0.159 e. The Morgan fingerprint density at radius 3 is 2.43 bits per heavy atom. The number of carbonyl (C=O) groups is 1. The highest BCUT2D eigenvalue weighted by atomic mass is 35.5. The zero-order chi connectivity index (χ0) is 10.6. The van der Waals surface area contributed by atoms with Gasteiger partial charge in [-0.2, -0.15) is 0 Å². The van der Waals surface area contributed by atoms with Crippen molar-refractivity contribution in [2.24, 2.45) is 0 Å². The van der Waals surface area contributed by atoms with E-state index in [9.17, 15) is 4.79 Å². The summed E-state index contributed by atoms with van der Waals surface area (Å²) in [5.41, 5.74) is 0.693. The van der Waals surface area contributed by atoms with E-state index in [-0.39, 0.29) is 12.2 Å². The Morgan fingerprint density at radius 1 is 1.36 bits per heavy atom. The van der Waals surface area contributed by atoms with E-state index in [4.69, 9.17) is 23.2 Å². The van der Waals surface area contributed by atoms with Gasteiger partial charge < -0.3 is 0 Å². The second kappa shape index (κ2) is 5.18. The molecule has 0 saturated carbocycles. The standard InChI is InChI=1S/C11H10Cl2O/c1-2-4-8(14)7-9-10(12)5-3-6-11(9)13/h2-6H,7H2,1H3/b4-2+. The number of benzene rings is 1. The van der Waals surface area contributed by atoms with Crippen LogP contribution in [0.5, 0.6) is 0 Å². The van der Waals surface area contributed by atoms with Crippen LogP contribution in [0, 0.1) is 0 Å². The zero-order valence-electron chi connectivity index (χ0n) is 7.76. The maximum Gasteiger partial charge on any atom is 0.159 e. The summed E-state index contributed by atoms with van der Waals surface area (Å²) in [5.74, 6) is 0.00231. The molecule has 0 bridgehead atoms. The van der Waals surface area contributed by atoms with Crippen LogP contribution >= 0.6 is 23.2 Å². The van der Waals surface area contributed by atoms with Crippen molar-refractivity contribution in [1.29, 1.82) is 0 Å². The summed E-state index contributed by atoms with van der Waals surface area (Å²) in [4.78, 5) is 11.3. The van der Waals surface area contributed by atoms with Gasteiger partial charge in [-0.1, -0.05) is 35.3 Å². The average Bonchev–Trinajstić information content (AvgIpc) is 2.12. The van der Waals surface area contributed by atoms with Crippen molar-refractivity contribution in [3.63, 3.8) is 0 Å². The molecule has 0 aliphatic carbocycles. The van der Waals surface area contributed by atoms with Crippen molar-refractivity contribution in [1.82, 2.24) is 0 Å². The number of halogens is 2. The SMILES string of the molecule is C/C=C/C(=O)Cc1c(Cl)cccc1Cl. The molecule has 14 heavy (non-hydrogen) atoms. The molecule has 0 aliphatic rings. The van der Waals surface area contributed by atoms with Gasteiger partial charge in [0.25, 0.3) is 0 Å². The van der Waals surface area contributed by atoms with E-state index < -0.39 is 0 Å². The lowest BCUT2D eigenvalue weighted by atomic mass is 10.1. The summed E-state index contributed by atoms with van der Waals surface area (Å²) in [7, 11) is 0. The first-order valence-corrected chi connectivity index (χ1v) is 4.99. The Hall–Kier alpha value is -0.790. The van der Waals surface area contributed by atoms with Gasteiger partial charge in [0.05, 0.1) is 0 Å². The fourth-order valence-corrected chi connectivity index (χ4v) is 1.65. The highest BCUT2D eigenvalue weighted by molar-refractivity contribution is 6.36. The molecule has 1 nitrogen and oxygen atoms in total. The monoisotopic (exact) mass is 228 g/mol. The van der Waals surface area contributed by atoms with Crippen LogP contribution in [0.4, 0.5) is 0 Å². The predicted molar refractivity (Wildman–Crippen MR) is 60.0 cm³/mol. The fraction of sp³-hybridized carbons (Fsp3) is 0.182. The van der Waals surface area contributed by atoms with Crippen LogP contribution in [0.1, 0.15) is 12.5 Å². The van der Waals surface area contributed by atoms with Crippen molar-refractivity contribution < 1.29 is 4.79 Å². The summed E-state index contributed by atoms with van der Waals surface area (Å²) in [6.07, 6.45) is 3.47. The molecule has 0 saturated heterocycles. The summed E-state index contributed by atoms with van der Waals surface area (Å²) in [6.45, 7) is 1.80. The summed E-state index contributed by atoms with van der Waals surface area (Å²) >= 11 is 11.8. The highest BCUT2D eigenvalue weighted by Gasteiger charge is 2.08. The molecule has 1 aromatic carbocycles. The summed E-state index contributed by atoms with van der Waals surface area (Å²) in [6, 6.07) is 5.21. The normalized spacial score (nSPS) is 10.8. The van der Waals surface area contributed by atoms with Gasteiger partial charge in [0.1, 0.15) is 0 Å². The van der Waals surface area contributed by atoms with Crippen LogP contribution < -0.4 is 0 Å². The molecular formula is C11H10Cl2O. The molecule has 0 heterocycles. The molecule has 0 radical (unpaired) electrons.